The number of ether oxygens (including phenoxy) is 1. The zero-order valence-corrected chi connectivity index (χ0v) is 17.8. The summed E-state index contributed by atoms with van der Waals surface area (Å²) < 4.78 is 30.5. The molecule has 0 unspecified atom stereocenters. The highest BCUT2D eigenvalue weighted by atomic mass is 32.2. The van der Waals surface area contributed by atoms with Crippen molar-refractivity contribution in [2.45, 2.75) is 19.3 Å². The number of nitrogens with one attached hydrogen (secondary N) is 1. The number of hydrogen-bond acceptors (Lipinski definition) is 7. The summed E-state index contributed by atoms with van der Waals surface area (Å²) in [6, 6.07) is 3.61. The number of hydrogen-bond donors (Lipinski definition) is 1. The number of amides is 1. The summed E-state index contributed by atoms with van der Waals surface area (Å²) in [5.74, 6) is 0.187. The SMILES string of the molecule is COc1ccc([N+](=O)[O-])cc1N(CC(=O)NCCC1CCN(C)CC1)S(C)(=O)=O. The highest BCUT2D eigenvalue weighted by Crippen LogP contribution is 2.33. The Kier molecular flexibility index (Phi) is 7.80. The second kappa shape index (κ2) is 9.88. The Morgan fingerprint density at radius 1 is 1.38 bits per heavy atom. The van der Waals surface area contributed by atoms with Crippen molar-refractivity contribution in [1.82, 2.24) is 10.2 Å². The van der Waals surface area contributed by atoms with E-state index in [1.807, 2.05) is 0 Å². The lowest BCUT2D eigenvalue weighted by atomic mass is 9.94. The number of benzene rings is 1. The van der Waals surface area contributed by atoms with Crippen molar-refractivity contribution in [3.63, 3.8) is 0 Å². The van der Waals surface area contributed by atoms with Crippen molar-refractivity contribution in [3.8, 4) is 5.75 Å². The average molecular weight is 429 g/mol. The number of nitro groups is 1. The number of likely N-dealkylation sites (tertiary alicyclic amines) is 1. The zero-order chi connectivity index (χ0) is 21.6. The number of carbonyl (C=O) groups is 1. The van der Waals surface area contributed by atoms with E-state index in [2.05, 4.69) is 17.3 Å². The molecule has 11 heteroatoms. The normalized spacial score (nSPS) is 15.7. The summed E-state index contributed by atoms with van der Waals surface area (Å²) in [5, 5.41) is 13.8. The summed E-state index contributed by atoms with van der Waals surface area (Å²) in [6.07, 6.45) is 3.93. The minimum atomic E-state index is -3.88. The molecule has 1 aromatic rings. The van der Waals surface area contributed by atoms with Crippen LogP contribution in [-0.2, 0) is 14.8 Å². The molecule has 1 aliphatic heterocycles. The smallest absolute Gasteiger partial charge is 0.271 e. The molecule has 1 fully saturated rings. The van der Waals surface area contributed by atoms with Gasteiger partial charge in [0.15, 0.2) is 0 Å². The van der Waals surface area contributed by atoms with Crippen LogP contribution in [-0.4, -0.2) is 70.7 Å². The Labute approximate surface area is 171 Å². The number of methoxy groups -OCH3 is 1. The van der Waals surface area contributed by atoms with Crippen molar-refractivity contribution in [2.24, 2.45) is 5.92 Å². The number of piperidine rings is 1. The monoisotopic (exact) mass is 428 g/mol. The van der Waals surface area contributed by atoms with Crippen LogP contribution in [0.1, 0.15) is 19.3 Å². The molecule has 10 nitrogen and oxygen atoms in total. The van der Waals surface area contributed by atoms with Gasteiger partial charge in [0.1, 0.15) is 18.0 Å². The Hall–Kier alpha value is -2.40. The maximum Gasteiger partial charge on any atom is 0.271 e. The molecular formula is C18H28N4O6S. The summed E-state index contributed by atoms with van der Waals surface area (Å²) in [6.45, 7) is 2.04. The van der Waals surface area contributed by atoms with Crippen molar-refractivity contribution in [2.75, 3.05) is 50.9 Å². The molecule has 1 heterocycles. The quantitative estimate of drug-likeness (QED) is 0.463. The Balaban J connectivity index is 2.07. The lowest BCUT2D eigenvalue weighted by Crippen LogP contribution is -2.41. The van der Waals surface area contributed by atoms with Gasteiger partial charge in [0.2, 0.25) is 15.9 Å². The van der Waals surface area contributed by atoms with Crippen LogP contribution in [0.2, 0.25) is 0 Å². The van der Waals surface area contributed by atoms with Gasteiger partial charge in [-0.2, -0.15) is 0 Å². The molecule has 1 N–H and O–H groups in total. The number of nitrogens with zero attached hydrogens (tertiary/aromatic N) is 3. The first-order valence-electron chi connectivity index (χ1n) is 9.37. The van der Waals surface area contributed by atoms with Crippen molar-refractivity contribution >= 4 is 27.3 Å². The number of rotatable bonds is 9. The molecule has 29 heavy (non-hydrogen) atoms. The van der Waals surface area contributed by atoms with Gasteiger partial charge >= 0.3 is 0 Å². The molecule has 1 amide bonds. The minimum Gasteiger partial charge on any atom is -0.495 e. The topological polar surface area (TPSA) is 122 Å². The Morgan fingerprint density at radius 2 is 2.03 bits per heavy atom. The molecule has 0 radical (unpaired) electrons. The molecule has 1 aromatic carbocycles. The molecule has 0 aromatic heterocycles. The molecule has 1 saturated heterocycles. The molecule has 0 spiro atoms. The van der Waals surface area contributed by atoms with Gasteiger partial charge in [-0.25, -0.2) is 8.42 Å². The van der Waals surface area contributed by atoms with Gasteiger partial charge in [-0.05, 0) is 51.4 Å². The molecule has 162 valence electrons. The van der Waals surface area contributed by atoms with E-state index in [-0.39, 0.29) is 17.1 Å². The van der Waals surface area contributed by atoms with Crippen molar-refractivity contribution in [3.05, 3.63) is 28.3 Å². The van der Waals surface area contributed by atoms with Gasteiger partial charge in [0.25, 0.3) is 5.69 Å². The van der Waals surface area contributed by atoms with Gasteiger partial charge in [-0.1, -0.05) is 0 Å². The molecular weight excluding hydrogens is 400 g/mol. The first-order valence-corrected chi connectivity index (χ1v) is 11.2. The van der Waals surface area contributed by atoms with E-state index in [4.69, 9.17) is 4.74 Å². The highest BCUT2D eigenvalue weighted by Gasteiger charge is 2.26. The molecule has 0 saturated carbocycles. The van der Waals surface area contributed by atoms with Crippen LogP contribution in [0.25, 0.3) is 0 Å². The fourth-order valence-corrected chi connectivity index (χ4v) is 4.17. The lowest BCUT2D eigenvalue weighted by molar-refractivity contribution is -0.384. The van der Waals surface area contributed by atoms with E-state index in [0.29, 0.717) is 12.5 Å². The number of anilines is 1. The fourth-order valence-electron chi connectivity index (χ4n) is 3.32. The van der Waals surface area contributed by atoms with Crippen molar-refractivity contribution < 1.29 is 22.9 Å². The van der Waals surface area contributed by atoms with Crippen LogP contribution >= 0.6 is 0 Å². The molecule has 0 bridgehead atoms. The first-order chi connectivity index (χ1) is 13.6. The van der Waals surface area contributed by atoms with Crippen LogP contribution in [0.5, 0.6) is 5.75 Å². The fraction of sp³-hybridized carbons (Fsp3) is 0.611. The van der Waals surface area contributed by atoms with Gasteiger partial charge in [-0.3, -0.25) is 19.2 Å². The number of sulfonamides is 1. The minimum absolute atomic E-state index is 0.0466. The van der Waals surface area contributed by atoms with E-state index < -0.39 is 27.4 Å². The third-order valence-corrected chi connectivity index (χ3v) is 6.17. The molecule has 0 atom stereocenters. The van der Waals surface area contributed by atoms with Gasteiger partial charge in [0.05, 0.1) is 18.3 Å². The largest absolute Gasteiger partial charge is 0.495 e. The first kappa shape index (κ1) is 22.9. The molecule has 0 aliphatic carbocycles. The summed E-state index contributed by atoms with van der Waals surface area (Å²) >= 11 is 0. The van der Waals surface area contributed by atoms with E-state index in [0.717, 1.165) is 49.0 Å². The number of nitro benzene ring substituents is 1. The summed E-state index contributed by atoms with van der Waals surface area (Å²) in [7, 11) is -0.466. The standard InChI is InChI=1S/C18H28N4O6S/c1-20-10-7-14(8-11-20)6-9-19-18(23)13-21(29(3,26)27)16-12-15(22(24)25)4-5-17(16)28-2/h4-5,12,14H,6-11,13H2,1-3H3,(H,19,23). The summed E-state index contributed by atoms with van der Waals surface area (Å²) in [5.41, 5.74) is -0.341. The van der Waals surface area contributed by atoms with Crippen LogP contribution < -0.4 is 14.4 Å². The number of non-ortho nitro benzene ring substituents is 1. The average Bonchev–Trinajstić information content (AvgIpc) is 2.66. The van der Waals surface area contributed by atoms with E-state index in [1.165, 1.54) is 19.2 Å². The predicted octanol–water partition coefficient (Wildman–Crippen LogP) is 1.22. The Bertz CT molecular complexity index is 837. The summed E-state index contributed by atoms with van der Waals surface area (Å²) in [4.78, 5) is 25.1. The maximum absolute atomic E-state index is 12.4. The van der Waals surface area contributed by atoms with Gasteiger partial charge < -0.3 is 15.0 Å². The van der Waals surface area contributed by atoms with Gasteiger partial charge in [0, 0.05) is 18.7 Å². The zero-order valence-electron chi connectivity index (χ0n) is 17.0. The van der Waals surface area contributed by atoms with E-state index >= 15 is 0 Å². The van der Waals surface area contributed by atoms with E-state index in [1.54, 1.807) is 0 Å². The predicted molar refractivity (Wildman–Crippen MR) is 110 cm³/mol. The highest BCUT2D eigenvalue weighted by molar-refractivity contribution is 7.92. The molecule has 1 aliphatic rings. The van der Waals surface area contributed by atoms with Crippen molar-refractivity contribution in [1.29, 1.82) is 0 Å². The lowest BCUT2D eigenvalue weighted by Gasteiger charge is -2.29. The third-order valence-electron chi connectivity index (χ3n) is 5.04. The van der Waals surface area contributed by atoms with Crippen LogP contribution in [0.15, 0.2) is 18.2 Å². The van der Waals surface area contributed by atoms with E-state index in [9.17, 15) is 23.3 Å². The Morgan fingerprint density at radius 3 is 2.59 bits per heavy atom. The third kappa shape index (κ3) is 6.57. The van der Waals surface area contributed by atoms with Crippen LogP contribution in [0.4, 0.5) is 11.4 Å². The second-order valence-corrected chi connectivity index (χ2v) is 9.17. The van der Waals surface area contributed by atoms with Gasteiger partial charge in [-0.15, -0.1) is 0 Å². The van der Waals surface area contributed by atoms with Crippen LogP contribution in [0, 0.1) is 16.0 Å². The second-order valence-electron chi connectivity index (χ2n) is 7.27. The molecule has 2 rings (SSSR count). The maximum atomic E-state index is 12.4. The number of carbonyl (C=O) groups excluding carboxylic acids is 1. The van der Waals surface area contributed by atoms with Crippen LogP contribution in [0.3, 0.4) is 0 Å².